The molecule has 0 fully saturated rings. The fourth-order valence-corrected chi connectivity index (χ4v) is 2.30. The van der Waals surface area contributed by atoms with Gasteiger partial charge in [0.25, 0.3) is 0 Å². The molecule has 6 heteroatoms. The fraction of sp³-hybridized carbons (Fsp3) is 0.300. The molecule has 2 rings (SSSR count). The Morgan fingerprint density at radius 1 is 0.885 bits per heavy atom. The monoisotopic (exact) mass is 360 g/mol. The summed E-state index contributed by atoms with van der Waals surface area (Å²) in [7, 11) is 4.36. The number of rotatable bonds is 4. The maximum atomic E-state index is 11.2. The number of methoxy groups -OCH3 is 3. The lowest BCUT2D eigenvalue weighted by Crippen LogP contribution is -2.03. The Morgan fingerprint density at radius 2 is 1.50 bits per heavy atom. The fourth-order valence-electron chi connectivity index (χ4n) is 2.30. The molecule has 2 aromatic carbocycles. The molecule has 0 spiro atoms. The molecule has 26 heavy (non-hydrogen) atoms. The van der Waals surface area contributed by atoms with E-state index >= 15 is 0 Å². The number of ether oxygens (including phenoxy) is 3. The van der Waals surface area contributed by atoms with Crippen molar-refractivity contribution in [1.29, 1.82) is 0 Å². The van der Waals surface area contributed by atoms with Crippen molar-refractivity contribution in [3.8, 4) is 11.5 Å². The normalized spacial score (nSPS) is 9.62. The molecule has 0 unspecified atom stereocenters. The molecule has 2 aromatic rings. The highest BCUT2D eigenvalue weighted by Gasteiger charge is 2.13. The van der Waals surface area contributed by atoms with Gasteiger partial charge in [0.15, 0.2) is 0 Å². The maximum Gasteiger partial charge on any atom is 0.341 e. The molecule has 0 aliphatic heterocycles. The van der Waals surface area contributed by atoms with Crippen LogP contribution >= 0.6 is 0 Å². The van der Waals surface area contributed by atoms with Crippen molar-refractivity contribution in [3.05, 3.63) is 58.1 Å². The van der Waals surface area contributed by atoms with E-state index in [4.69, 9.17) is 14.6 Å². The molecule has 6 nitrogen and oxygen atoms in total. The van der Waals surface area contributed by atoms with Gasteiger partial charge in [0.05, 0.1) is 21.3 Å². The lowest BCUT2D eigenvalue weighted by atomic mass is 10.0. The molecule has 140 valence electrons. The SMILES string of the molecule is COC(=O)c1ccc(C)cc1OC.COc1c(C(=O)O)ccc(C)c1C. The average molecular weight is 360 g/mol. The molecule has 0 aliphatic carbocycles. The summed E-state index contributed by atoms with van der Waals surface area (Å²) in [6.45, 7) is 5.70. The number of hydrogen-bond donors (Lipinski definition) is 1. The Kier molecular flexibility index (Phi) is 7.65. The highest BCUT2D eigenvalue weighted by atomic mass is 16.5. The molecule has 0 radical (unpaired) electrons. The summed E-state index contributed by atoms with van der Waals surface area (Å²) in [5, 5.41) is 8.83. The molecule has 0 aromatic heterocycles. The van der Waals surface area contributed by atoms with E-state index in [0.717, 1.165) is 16.7 Å². The molecule has 0 aliphatic rings. The van der Waals surface area contributed by atoms with Crippen molar-refractivity contribution in [3.63, 3.8) is 0 Å². The maximum absolute atomic E-state index is 11.2. The van der Waals surface area contributed by atoms with Gasteiger partial charge in [-0.05, 0) is 55.7 Å². The van der Waals surface area contributed by atoms with Crippen molar-refractivity contribution in [2.24, 2.45) is 0 Å². The first-order valence-electron chi connectivity index (χ1n) is 7.87. The first-order chi connectivity index (χ1) is 12.3. The number of carbonyl (C=O) groups excluding carboxylic acids is 1. The van der Waals surface area contributed by atoms with Crippen LogP contribution in [0.15, 0.2) is 30.3 Å². The molecule has 0 atom stereocenters. The Bertz CT molecular complexity index is 795. The van der Waals surface area contributed by atoms with Crippen LogP contribution in [0.5, 0.6) is 11.5 Å². The number of aromatic carboxylic acids is 1. The quantitative estimate of drug-likeness (QED) is 0.835. The second-order valence-electron chi connectivity index (χ2n) is 5.59. The topological polar surface area (TPSA) is 82.1 Å². The van der Waals surface area contributed by atoms with Crippen LogP contribution in [0.25, 0.3) is 0 Å². The smallest absolute Gasteiger partial charge is 0.341 e. The molecule has 0 heterocycles. The minimum atomic E-state index is -0.958. The van der Waals surface area contributed by atoms with Crippen molar-refractivity contribution in [2.75, 3.05) is 21.3 Å². The Labute approximate surface area is 153 Å². The van der Waals surface area contributed by atoms with E-state index in [1.807, 2.05) is 26.8 Å². The van der Waals surface area contributed by atoms with Gasteiger partial charge >= 0.3 is 11.9 Å². The van der Waals surface area contributed by atoms with Crippen LogP contribution in [0.1, 0.15) is 37.4 Å². The third-order valence-corrected chi connectivity index (χ3v) is 3.87. The zero-order chi connectivity index (χ0) is 19.9. The van der Waals surface area contributed by atoms with Crippen molar-refractivity contribution in [2.45, 2.75) is 20.8 Å². The molecule has 0 amide bonds. The highest BCUT2D eigenvalue weighted by molar-refractivity contribution is 5.92. The van der Waals surface area contributed by atoms with Gasteiger partial charge in [-0.3, -0.25) is 0 Å². The lowest BCUT2D eigenvalue weighted by Gasteiger charge is -2.10. The van der Waals surface area contributed by atoms with E-state index < -0.39 is 5.97 Å². The Balaban J connectivity index is 0.000000260. The number of benzene rings is 2. The first-order valence-corrected chi connectivity index (χ1v) is 7.87. The van der Waals surface area contributed by atoms with Gasteiger partial charge in [0.1, 0.15) is 22.6 Å². The molecule has 0 saturated carbocycles. The van der Waals surface area contributed by atoms with Gasteiger partial charge in [0, 0.05) is 0 Å². The van der Waals surface area contributed by atoms with Gasteiger partial charge in [-0.2, -0.15) is 0 Å². The van der Waals surface area contributed by atoms with E-state index in [0.29, 0.717) is 17.1 Å². The summed E-state index contributed by atoms with van der Waals surface area (Å²) in [5.74, 6) is -0.337. The van der Waals surface area contributed by atoms with Crippen LogP contribution in [0.3, 0.4) is 0 Å². The second-order valence-corrected chi connectivity index (χ2v) is 5.59. The first kappa shape index (κ1) is 21.0. The number of carboxylic acids is 1. The largest absolute Gasteiger partial charge is 0.496 e. The third-order valence-electron chi connectivity index (χ3n) is 3.87. The van der Waals surface area contributed by atoms with E-state index in [1.165, 1.54) is 21.3 Å². The van der Waals surface area contributed by atoms with Crippen LogP contribution in [0.2, 0.25) is 0 Å². The predicted octanol–water partition coefficient (Wildman–Crippen LogP) is 3.80. The third kappa shape index (κ3) is 4.99. The number of carbonyl (C=O) groups is 2. The van der Waals surface area contributed by atoms with E-state index in [2.05, 4.69) is 4.74 Å². The summed E-state index contributed by atoms with van der Waals surface area (Å²) in [6, 6.07) is 8.67. The van der Waals surface area contributed by atoms with Gasteiger partial charge < -0.3 is 19.3 Å². The summed E-state index contributed by atoms with van der Waals surface area (Å²) >= 11 is 0. The van der Waals surface area contributed by atoms with Crippen LogP contribution in [0.4, 0.5) is 0 Å². The summed E-state index contributed by atoms with van der Waals surface area (Å²) < 4.78 is 14.7. The van der Waals surface area contributed by atoms with Gasteiger partial charge in [-0.25, -0.2) is 9.59 Å². The zero-order valence-corrected chi connectivity index (χ0v) is 15.9. The zero-order valence-electron chi connectivity index (χ0n) is 15.9. The van der Waals surface area contributed by atoms with Gasteiger partial charge in [0.2, 0.25) is 0 Å². The average Bonchev–Trinajstić information content (AvgIpc) is 2.63. The highest BCUT2D eigenvalue weighted by Crippen LogP contribution is 2.25. The summed E-state index contributed by atoms with van der Waals surface area (Å²) in [4.78, 5) is 22.0. The molecular formula is C20H24O6. The summed E-state index contributed by atoms with van der Waals surface area (Å²) in [6.07, 6.45) is 0. The van der Waals surface area contributed by atoms with Gasteiger partial charge in [-0.1, -0.05) is 12.1 Å². The second kappa shape index (κ2) is 9.46. The van der Waals surface area contributed by atoms with Crippen LogP contribution in [-0.4, -0.2) is 38.4 Å². The number of esters is 1. The number of hydrogen-bond acceptors (Lipinski definition) is 5. The molecule has 1 N–H and O–H groups in total. The summed E-state index contributed by atoms with van der Waals surface area (Å²) in [5.41, 5.74) is 3.62. The van der Waals surface area contributed by atoms with E-state index in [-0.39, 0.29) is 11.5 Å². The molecule has 0 saturated heterocycles. The van der Waals surface area contributed by atoms with Crippen molar-refractivity contribution in [1.82, 2.24) is 0 Å². The van der Waals surface area contributed by atoms with Crippen molar-refractivity contribution >= 4 is 11.9 Å². The number of carboxylic acid groups (broad SMARTS) is 1. The van der Waals surface area contributed by atoms with Crippen LogP contribution in [0, 0.1) is 20.8 Å². The molecule has 0 bridgehead atoms. The van der Waals surface area contributed by atoms with Crippen molar-refractivity contribution < 1.29 is 28.9 Å². The van der Waals surface area contributed by atoms with Gasteiger partial charge in [-0.15, -0.1) is 0 Å². The molecular weight excluding hydrogens is 336 g/mol. The lowest BCUT2D eigenvalue weighted by molar-refractivity contribution is 0.0596. The van der Waals surface area contributed by atoms with E-state index in [1.54, 1.807) is 24.3 Å². The predicted molar refractivity (Wildman–Crippen MR) is 98.5 cm³/mol. The number of aryl methyl sites for hydroxylation is 2. The minimum Gasteiger partial charge on any atom is -0.496 e. The standard InChI is InChI=1S/2C10H12O3/c1-7-4-5-8(10(11)13-3)9(6-7)12-2;1-6-4-5-8(10(11)12)9(13-3)7(6)2/h4-6H,1-3H3;4-5H,1-3H3,(H,11,12). The van der Waals surface area contributed by atoms with Crippen LogP contribution < -0.4 is 9.47 Å². The Morgan fingerprint density at radius 3 is 2.00 bits per heavy atom. The van der Waals surface area contributed by atoms with Crippen LogP contribution in [-0.2, 0) is 4.74 Å². The van der Waals surface area contributed by atoms with E-state index in [9.17, 15) is 9.59 Å². The Hall–Kier alpha value is -3.02. The minimum absolute atomic E-state index is 0.214.